The number of carbonyl (C=O) groups is 1. The maximum atomic E-state index is 11.3. The summed E-state index contributed by atoms with van der Waals surface area (Å²) < 4.78 is 5.10. The molecule has 0 atom stereocenters. The maximum absolute atomic E-state index is 11.3. The van der Waals surface area contributed by atoms with Gasteiger partial charge in [0.2, 0.25) is 5.91 Å². The Kier molecular flexibility index (Phi) is 3.55. The molecule has 1 amide bonds. The molecule has 1 aromatic rings. The second-order valence-corrected chi connectivity index (χ2v) is 3.19. The molecule has 4 heteroatoms. The molecule has 0 saturated carbocycles. The normalized spacial score (nSPS) is 9.80. The van der Waals surface area contributed by atoms with Gasteiger partial charge in [0.15, 0.2) is 0 Å². The highest BCUT2D eigenvalue weighted by Crippen LogP contribution is 2.27. The van der Waals surface area contributed by atoms with E-state index in [1.165, 1.54) is 6.92 Å². The molecule has 1 aromatic carbocycles. The number of hydrogen-bond acceptors (Lipinski definition) is 3. The minimum Gasteiger partial charge on any atom is -0.495 e. The summed E-state index contributed by atoms with van der Waals surface area (Å²) in [5.74, 6) is 0.594. The van der Waals surface area contributed by atoms with Gasteiger partial charge in [-0.15, -0.1) is 0 Å². The number of nitrogens with two attached hydrogens (primary N) is 1. The average Bonchev–Trinajstić information content (AvgIpc) is 2.21. The number of nitrogen functional groups attached to an aromatic ring is 1. The van der Waals surface area contributed by atoms with Crippen LogP contribution in [0.25, 0.3) is 0 Å². The Bertz CT molecular complexity index is 364. The summed E-state index contributed by atoms with van der Waals surface area (Å²) in [4.78, 5) is 13.0. The van der Waals surface area contributed by atoms with Gasteiger partial charge in [-0.05, 0) is 19.1 Å². The highest BCUT2D eigenvalue weighted by Gasteiger charge is 2.10. The fourth-order valence-electron chi connectivity index (χ4n) is 1.45. The van der Waals surface area contributed by atoms with Gasteiger partial charge in [0, 0.05) is 25.2 Å². The molecule has 0 saturated heterocycles. The molecule has 0 aliphatic heterocycles. The van der Waals surface area contributed by atoms with E-state index in [0.29, 0.717) is 18.0 Å². The van der Waals surface area contributed by atoms with Crippen LogP contribution >= 0.6 is 0 Å². The van der Waals surface area contributed by atoms with Crippen LogP contribution < -0.4 is 15.4 Å². The van der Waals surface area contributed by atoms with Crippen LogP contribution in [0.2, 0.25) is 0 Å². The van der Waals surface area contributed by atoms with E-state index in [1.54, 1.807) is 24.1 Å². The van der Waals surface area contributed by atoms with Crippen molar-refractivity contribution in [1.29, 1.82) is 0 Å². The second-order valence-electron chi connectivity index (χ2n) is 3.19. The molecule has 0 radical (unpaired) electrons. The number of amides is 1. The van der Waals surface area contributed by atoms with Gasteiger partial charge >= 0.3 is 0 Å². The molecule has 0 bridgehead atoms. The highest BCUT2D eigenvalue weighted by atomic mass is 16.5. The Labute approximate surface area is 89.6 Å². The topological polar surface area (TPSA) is 55.6 Å². The van der Waals surface area contributed by atoms with Crippen LogP contribution in [0.3, 0.4) is 0 Å². The lowest BCUT2D eigenvalue weighted by Crippen LogP contribution is -2.27. The van der Waals surface area contributed by atoms with Gasteiger partial charge in [0.25, 0.3) is 0 Å². The van der Waals surface area contributed by atoms with Crippen molar-refractivity contribution in [1.82, 2.24) is 0 Å². The number of carbonyl (C=O) groups excluding carboxylic acids is 1. The number of ether oxygens (including phenoxy) is 1. The molecule has 0 spiro atoms. The number of nitrogens with zero attached hydrogens (tertiary/aromatic N) is 1. The third kappa shape index (κ3) is 2.40. The average molecular weight is 208 g/mol. The summed E-state index contributed by atoms with van der Waals surface area (Å²) in [6.07, 6.45) is 0. The van der Waals surface area contributed by atoms with E-state index in [0.717, 1.165) is 5.69 Å². The first kappa shape index (κ1) is 11.4. The summed E-state index contributed by atoms with van der Waals surface area (Å²) in [5, 5.41) is 0. The summed E-state index contributed by atoms with van der Waals surface area (Å²) in [6, 6.07) is 5.31. The van der Waals surface area contributed by atoms with Crippen molar-refractivity contribution in [2.45, 2.75) is 13.8 Å². The van der Waals surface area contributed by atoms with Crippen LogP contribution in [0.5, 0.6) is 5.75 Å². The molecule has 15 heavy (non-hydrogen) atoms. The van der Waals surface area contributed by atoms with E-state index in [1.807, 2.05) is 13.0 Å². The SMILES string of the molecule is CCN(C(C)=O)c1ccc(N)c(OC)c1. The molecule has 0 aromatic heterocycles. The predicted octanol–water partition coefficient (Wildman–Crippen LogP) is 1.65. The largest absolute Gasteiger partial charge is 0.495 e. The van der Waals surface area contributed by atoms with E-state index in [2.05, 4.69) is 0 Å². The van der Waals surface area contributed by atoms with Crippen LogP contribution in [-0.4, -0.2) is 19.6 Å². The van der Waals surface area contributed by atoms with Gasteiger partial charge in [-0.2, -0.15) is 0 Å². The molecule has 0 aliphatic rings. The minimum atomic E-state index is 0.00400. The third-order valence-corrected chi connectivity index (χ3v) is 2.23. The van der Waals surface area contributed by atoms with Gasteiger partial charge in [-0.25, -0.2) is 0 Å². The van der Waals surface area contributed by atoms with Crippen molar-refractivity contribution < 1.29 is 9.53 Å². The van der Waals surface area contributed by atoms with Crippen LogP contribution in [0, 0.1) is 0 Å². The first-order valence-corrected chi connectivity index (χ1v) is 4.81. The van der Waals surface area contributed by atoms with Gasteiger partial charge in [0.05, 0.1) is 12.8 Å². The minimum absolute atomic E-state index is 0.00400. The van der Waals surface area contributed by atoms with E-state index in [4.69, 9.17) is 10.5 Å². The predicted molar refractivity (Wildman–Crippen MR) is 61.1 cm³/mol. The summed E-state index contributed by atoms with van der Waals surface area (Å²) >= 11 is 0. The zero-order chi connectivity index (χ0) is 11.4. The number of methoxy groups -OCH3 is 1. The number of anilines is 2. The van der Waals surface area contributed by atoms with Gasteiger partial charge in [-0.1, -0.05) is 0 Å². The summed E-state index contributed by atoms with van der Waals surface area (Å²) in [6.45, 7) is 4.08. The van der Waals surface area contributed by atoms with Crippen molar-refractivity contribution in [3.8, 4) is 5.75 Å². The summed E-state index contributed by atoms with van der Waals surface area (Å²) in [7, 11) is 1.56. The van der Waals surface area contributed by atoms with E-state index in [9.17, 15) is 4.79 Å². The first-order valence-electron chi connectivity index (χ1n) is 4.81. The molecule has 1 rings (SSSR count). The lowest BCUT2D eigenvalue weighted by Gasteiger charge is -2.20. The Morgan fingerprint density at radius 1 is 1.53 bits per heavy atom. The number of benzene rings is 1. The zero-order valence-electron chi connectivity index (χ0n) is 9.28. The Morgan fingerprint density at radius 2 is 2.20 bits per heavy atom. The first-order chi connectivity index (χ1) is 7.10. The smallest absolute Gasteiger partial charge is 0.223 e. The number of hydrogen-bond donors (Lipinski definition) is 1. The fourth-order valence-corrected chi connectivity index (χ4v) is 1.45. The molecule has 4 nitrogen and oxygen atoms in total. The van der Waals surface area contributed by atoms with Gasteiger partial charge < -0.3 is 15.4 Å². The van der Waals surface area contributed by atoms with Crippen LogP contribution in [-0.2, 0) is 4.79 Å². The quantitative estimate of drug-likeness (QED) is 0.768. The molecule has 82 valence electrons. The lowest BCUT2D eigenvalue weighted by atomic mass is 10.2. The van der Waals surface area contributed by atoms with Crippen molar-refractivity contribution in [3.63, 3.8) is 0 Å². The molecule has 0 aliphatic carbocycles. The molecule has 2 N–H and O–H groups in total. The van der Waals surface area contributed by atoms with Gasteiger partial charge in [0.1, 0.15) is 5.75 Å². The van der Waals surface area contributed by atoms with E-state index >= 15 is 0 Å². The molecule has 0 heterocycles. The second kappa shape index (κ2) is 4.68. The monoisotopic (exact) mass is 208 g/mol. The molecular weight excluding hydrogens is 192 g/mol. The Morgan fingerprint density at radius 3 is 2.67 bits per heavy atom. The Hall–Kier alpha value is -1.71. The van der Waals surface area contributed by atoms with E-state index < -0.39 is 0 Å². The standard InChI is InChI=1S/C11H16N2O2/c1-4-13(8(2)14)9-5-6-10(12)11(7-9)15-3/h5-7H,4,12H2,1-3H3. The van der Waals surface area contributed by atoms with Crippen molar-refractivity contribution in [2.75, 3.05) is 24.3 Å². The van der Waals surface area contributed by atoms with Gasteiger partial charge in [-0.3, -0.25) is 4.79 Å². The van der Waals surface area contributed by atoms with Crippen LogP contribution in [0.4, 0.5) is 11.4 Å². The van der Waals surface area contributed by atoms with Crippen LogP contribution in [0.1, 0.15) is 13.8 Å². The summed E-state index contributed by atoms with van der Waals surface area (Å²) in [5.41, 5.74) is 7.06. The Balaban J connectivity index is 3.09. The van der Waals surface area contributed by atoms with Crippen LogP contribution in [0.15, 0.2) is 18.2 Å². The van der Waals surface area contributed by atoms with Crippen molar-refractivity contribution >= 4 is 17.3 Å². The highest BCUT2D eigenvalue weighted by molar-refractivity contribution is 5.92. The maximum Gasteiger partial charge on any atom is 0.223 e. The zero-order valence-corrected chi connectivity index (χ0v) is 9.28. The molecule has 0 unspecified atom stereocenters. The van der Waals surface area contributed by atoms with Crippen molar-refractivity contribution in [2.24, 2.45) is 0 Å². The third-order valence-electron chi connectivity index (χ3n) is 2.23. The number of rotatable bonds is 3. The fraction of sp³-hybridized carbons (Fsp3) is 0.364. The van der Waals surface area contributed by atoms with E-state index in [-0.39, 0.29) is 5.91 Å². The molecular formula is C11H16N2O2. The molecule has 0 fully saturated rings. The van der Waals surface area contributed by atoms with Crippen molar-refractivity contribution in [3.05, 3.63) is 18.2 Å². The lowest BCUT2D eigenvalue weighted by molar-refractivity contribution is -0.116.